The fourth-order valence-corrected chi connectivity index (χ4v) is 2.88. The van der Waals surface area contributed by atoms with Gasteiger partial charge in [-0.05, 0) is 42.4 Å². The van der Waals surface area contributed by atoms with Crippen molar-refractivity contribution >= 4 is 0 Å². The maximum Gasteiger partial charge on any atom is 0.0801 e. The molecular weight excluding hydrogens is 172 g/mol. The number of hydrogen-bond acceptors (Lipinski definition) is 1. The minimum Gasteiger partial charge on any atom is -0.388 e. The summed E-state index contributed by atoms with van der Waals surface area (Å²) in [6.45, 7) is 8.66. The number of hydrogen-bond donors (Lipinski definition) is 1. The Bertz CT molecular complexity index is 377. The molecule has 0 aliphatic heterocycles. The average Bonchev–Trinajstić information content (AvgIpc) is 2.21. The summed E-state index contributed by atoms with van der Waals surface area (Å²) in [5.41, 5.74) is 5.20. The first-order valence-corrected chi connectivity index (χ1v) is 5.21. The van der Waals surface area contributed by atoms with Crippen LogP contribution in [0.25, 0.3) is 0 Å². The molecule has 1 aliphatic rings. The molecule has 0 spiro atoms. The highest BCUT2D eigenvalue weighted by Gasteiger charge is 2.36. The van der Waals surface area contributed by atoms with E-state index in [9.17, 15) is 5.11 Å². The lowest BCUT2D eigenvalue weighted by Crippen LogP contribution is -2.13. The van der Waals surface area contributed by atoms with Crippen molar-refractivity contribution in [2.24, 2.45) is 0 Å². The van der Waals surface area contributed by atoms with Gasteiger partial charge in [0.2, 0.25) is 0 Å². The second-order valence-corrected chi connectivity index (χ2v) is 5.15. The lowest BCUT2D eigenvalue weighted by atomic mass is 9.83. The van der Waals surface area contributed by atoms with E-state index in [2.05, 4.69) is 39.8 Å². The Hall–Kier alpha value is -0.820. The number of fused-ring (bicyclic) bond motifs is 1. The second kappa shape index (κ2) is 2.83. The van der Waals surface area contributed by atoms with Crippen molar-refractivity contribution in [3.8, 4) is 0 Å². The molecule has 0 saturated carbocycles. The first-order valence-electron chi connectivity index (χ1n) is 5.21. The minimum absolute atomic E-state index is 0.131. The van der Waals surface area contributed by atoms with Gasteiger partial charge in [-0.3, -0.25) is 0 Å². The summed E-state index contributed by atoms with van der Waals surface area (Å²) in [6, 6.07) is 4.33. The van der Waals surface area contributed by atoms with E-state index in [1.807, 2.05) is 0 Å². The molecule has 1 heteroatoms. The molecule has 1 aromatic rings. The predicted octanol–water partition coefficient (Wildman–Crippen LogP) is 3.02. The van der Waals surface area contributed by atoms with Gasteiger partial charge in [-0.1, -0.05) is 31.5 Å². The van der Waals surface area contributed by atoms with Gasteiger partial charge in [0.1, 0.15) is 0 Å². The summed E-state index contributed by atoms with van der Waals surface area (Å²) >= 11 is 0. The van der Waals surface area contributed by atoms with E-state index >= 15 is 0 Å². The maximum absolute atomic E-state index is 9.97. The van der Waals surface area contributed by atoms with Crippen LogP contribution in [0.3, 0.4) is 0 Å². The molecule has 0 bridgehead atoms. The summed E-state index contributed by atoms with van der Waals surface area (Å²) in [5.74, 6) is 0. The second-order valence-electron chi connectivity index (χ2n) is 5.15. The first-order chi connectivity index (χ1) is 6.42. The van der Waals surface area contributed by atoms with E-state index in [0.717, 1.165) is 12.0 Å². The predicted molar refractivity (Wildman–Crippen MR) is 58.5 cm³/mol. The minimum atomic E-state index is -0.265. The van der Waals surface area contributed by atoms with Crippen molar-refractivity contribution in [3.63, 3.8) is 0 Å². The quantitative estimate of drug-likeness (QED) is 0.666. The molecule has 1 aromatic carbocycles. The van der Waals surface area contributed by atoms with Gasteiger partial charge in [0.05, 0.1) is 6.10 Å². The van der Waals surface area contributed by atoms with Crippen LogP contribution in [0.5, 0.6) is 0 Å². The van der Waals surface area contributed by atoms with E-state index in [1.165, 1.54) is 16.7 Å². The molecule has 0 heterocycles. The highest BCUT2D eigenvalue weighted by atomic mass is 16.3. The average molecular weight is 190 g/mol. The fraction of sp³-hybridized carbons (Fsp3) is 0.538. The Morgan fingerprint density at radius 2 is 1.93 bits per heavy atom. The lowest BCUT2D eigenvalue weighted by Gasteiger charge is -2.21. The van der Waals surface area contributed by atoms with Gasteiger partial charge in [-0.15, -0.1) is 0 Å². The monoisotopic (exact) mass is 190 g/mol. The number of rotatable bonds is 0. The Morgan fingerprint density at radius 3 is 2.57 bits per heavy atom. The van der Waals surface area contributed by atoms with Crippen molar-refractivity contribution in [3.05, 3.63) is 34.4 Å². The van der Waals surface area contributed by atoms with Crippen molar-refractivity contribution in [2.45, 2.75) is 45.6 Å². The van der Waals surface area contributed by atoms with Crippen molar-refractivity contribution in [1.29, 1.82) is 0 Å². The SMILES string of the molecule is Cc1cc(C)c2c(c1)C(O)CC2(C)C. The van der Waals surface area contributed by atoms with Crippen molar-refractivity contribution < 1.29 is 5.11 Å². The van der Waals surface area contributed by atoms with Crippen molar-refractivity contribution in [2.75, 3.05) is 0 Å². The molecule has 0 saturated heterocycles. The van der Waals surface area contributed by atoms with Gasteiger partial charge >= 0.3 is 0 Å². The van der Waals surface area contributed by atoms with Gasteiger partial charge in [0.15, 0.2) is 0 Å². The van der Waals surface area contributed by atoms with Crippen LogP contribution in [-0.4, -0.2) is 5.11 Å². The highest BCUT2D eigenvalue weighted by Crippen LogP contribution is 2.46. The smallest absolute Gasteiger partial charge is 0.0801 e. The molecule has 1 N–H and O–H groups in total. The highest BCUT2D eigenvalue weighted by molar-refractivity contribution is 5.47. The lowest BCUT2D eigenvalue weighted by molar-refractivity contribution is 0.161. The summed E-state index contributed by atoms with van der Waals surface area (Å²) < 4.78 is 0. The van der Waals surface area contributed by atoms with E-state index in [1.54, 1.807) is 0 Å². The number of aliphatic hydroxyl groups is 1. The largest absolute Gasteiger partial charge is 0.388 e. The van der Waals surface area contributed by atoms with E-state index in [4.69, 9.17) is 0 Å². The topological polar surface area (TPSA) is 20.2 Å². The molecule has 0 amide bonds. The number of aryl methyl sites for hydroxylation is 2. The van der Waals surface area contributed by atoms with Gasteiger partial charge in [0.25, 0.3) is 0 Å². The van der Waals surface area contributed by atoms with E-state index < -0.39 is 0 Å². The zero-order valence-corrected chi connectivity index (χ0v) is 9.39. The zero-order valence-electron chi connectivity index (χ0n) is 9.39. The normalized spacial score (nSPS) is 23.6. The van der Waals surface area contributed by atoms with Crippen LogP contribution in [-0.2, 0) is 5.41 Å². The Morgan fingerprint density at radius 1 is 1.29 bits per heavy atom. The van der Waals surface area contributed by atoms with Crippen LogP contribution in [0.4, 0.5) is 0 Å². The molecule has 76 valence electrons. The Labute approximate surface area is 85.8 Å². The zero-order chi connectivity index (χ0) is 10.5. The Balaban J connectivity index is 2.69. The molecule has 14 heavy (non-hydrogen) atoms. The van der Waals surface area contributed by atoms with Gasteiger partial charge in [-0.2, -0.15) is 0 Å². The molecule has 1 nitrogen and oxygen atoms in total. The molecule has 1 atom stereocenters. The molecule has 2 rings (SSSR count). The maximum atomic E-state index is 9.97. The molecule has 1 aliphatic carbocycles. The molecular formula is C13H18O. The van der Waals surface area contributed by atoms with Crippen LogP contribution in [0.2, 0.25) is 0 Å². The van der Waals surface area contributed by atoms with Crippen LogP contribution >= 0.6 is 0 Å². The molecule has 0 aromatic heterocycles. The first kappa shape index (κ1) is 9.72. The number of benzene rings is 1. The van der Waals surface area contributed by atoms with Crippen LogP contribution in [0.15, 0.2) is 12.1 Å². The van der Waals surface area contributed by atoms with Gasteiger partial charge < -0.3 is 5.11 Å². The van der Waals surface area contributed by atoms with Crippen LogP contribution < -0.4 is 0 Å². The standard InChI is InChI=1S/C13H18O/c1-8-5-9(2)12-10(6-8)11(14)7-13(12,3)4/h5-6,11,14H,7H2,1-4H3. The van der Waals surface area contributed by atoms with E-state index in [0.29, 0.717) is 0 Å². The third kappa shape index (κ3) is 1.27. The van der Waals surface area contributed by atoms with Crippen LogP contribution in [0.1, 0.15) is 48.6 Å². The Kier molecular flexibility index (Phi) is 1.97. The third-order valence-electron chi connectivity index (χ3n) is 3.25. The summed E-state index contributed by atoms with van der Waals surface area (Å²) in [4.78, 5) is 0. The fourth-order valence-electron chi connectivity index (χ4n) is 2.88. The van der Waals surface area contributed by atoms with Crippen molar-refractivity contribution in [1.82, 2.24) is 0 Å². The molecule has 0 fully saturated rings. The third-order valence-corrected chi connectivity index (χ3v) is 3.25. The summed E-state index contributed by atoms with van der Waals surface area (Å²) in [5, 5.41) is 9.97. The number of aliphatic hydroxyl groups excluding tert-OH is 1. The van der Waals surface area contributed by atoms with Gasteiger partial charge in [-0.25, -0.2) is 0 Å². The molecule has 0 radical (unpaired) electrons. The van der Waals surface area contributed by atoms with Crippen LogP contribution in [0, 0.1) is 13.8 Å². The van der Waals surface area contributed by atoms with E-state index in [-0.39, 0.29) is 11.5 Å². The van der Waals surface area contributed by atoms with Gasteiger partial charge in [0, 0.05) is 0 Å². The summed E-state index contributed by atoms with van der Waals surface area (Å²) in [7, 11) is 0. The summed E-state index contributed by atoms with van der Waals surface area (Å²) in [6.07, 6.45) is 0.589. The molecule has 1 unspecified atom stereocenters.